The van der Waals surface area contributed by atoms with Gasteiger partial charge in [0.15, 0.2) is 9.84 Å². The highest BCUT2D eigenvalue weighted by Crippen LogP contribution is 2.19. The van der Waals surface area contributed by atoms with Crippen molar-refractivity contribution in [1.29, 1.82) is 0 Å². The molecule has 0 spiro atoms. The first-order valence-corrected chi connectivity index (χ1v) is 8.63. The maximum atomic E-state index is 13.7. The van der Waals surface area contributed by atoms with Gasteiger partial charge in [-0.3, -0.25) is 4.79 Å². The Morgan fingerprint density at radius 1 is 1.13 bits per heavy atom. The van der Waals surface area contributed by atoms with Crippen LogP contribution in [0, 0.1) is 11.6 Å². The molecular weight excluding hydrogens is 324 g/mol. The van der Waals surface area contributed by atoms with Crippen molar-refractivity contribution in [2.24, 2.45) is 0 Å². The summed E-state index contributed by atoms with van der Waals surface area (Å²) in [6.45, 7) is 1.55. The summed E-state index contributed by atoms with van der Waals surface area (Å²) in [6.07, 6.45) is 1.04. The molecule has 1 N–H and O–H groups in total. The summed E-state index contributed by atoms with van der Waals surface area (Å²) < 4.78 is 49.6. The Balaban J connectivity index is 2.22. The fraction of sp³-hybridized carbons (Fsp3) is 0.188. The van der Waals surface area contributed by atoms with Gasteiger partial charge in [-0.05, 0) is 31.2 Å². The van der Waals surface area contributed by atoms with E-state index in [4.69, 9.17) is 0 Å². The first-order chi connectivity index (χ1) is 10.7. The molecule has 7 heteroatoms. The molecule has 0 saturated carbocycles. The van der Waals surface area contributed by atoms with Gasteiger partial charge in [0.05, 0.1) is 10.9 Å². The molecular formula is C16H15F2NO3S. The molecule has 0 aliphatic rings. The molecule has 0 unspecified atom stereocenters. The minimum absolute atomic E-state index is 0.0192. The summed E-state index contributed by atoms with van der Waals surface area (Å²) >= 11 is 0. The van der Waals surface area contributed by atoms with Crippen LogP contribution in [0.25, 0.3) is 0 Å². The van der Waals surface area contributed by atoms with E-state index in [0.29, 0.717) is 0 Å². The van der Waals surface area contributed by atoms with Crippen molar-refractivity contribution >= 4 is 15.7 Å². The van der Waals surface area contributed by atoms with Crippen LogP contribution < -0.4 is 5.32 Å². The van der Waals surface area contributed by atoms with Crippen LogP contribution in [0.3, 0.4) is 0 Å². The third-order valence-corrected chi connectivity index (χ3v) is 4.41. The fourth-order valence-electron chi connectivity index (χ4n) is 2.08. The van der Waals surface area contributed by atoms with Crippen LogP contribution in [0.2, 0.25) is 0 Å². The van der Waals surface area contributed by atoms with Gasteiger partial charge in [0.25, 0.3) is 5.91 Å². The summed E-state index contributed by atoms with van der Waals surface area (Å²) in [7, 11) is -3.43. The van der Waals surface area contributed by atoms with Gasteiger partial charge in [-0.2, -0.15) is 0 Å². The zero-order valence-corrected chi connectivity index (χ0v) is 13.3. The molecule has 0 aliphatic heterocycles. The highest BCUT2D eigenvalue weighted by Gasteiger charge is 2.17. The lowest BCUT2D eigenvalue weighted by Crippen LogP contribution is -2.27. The molecule has 1 atom stereocenters. The van der Waals surface area contributed by atoms with Crippen LogP contribution in [0.15, 0.2) is 47.4 Å². The van der Waals surface area contributed by atoms with E-state index in [0.717, 1.165) is 18.4 Å². The molecule has 2 aromatic carbocycles. The van der Waals surface area contributed by atoms with Crippen molar-refractivity contribution in [2.75, 3.05) is 6.26 Å². The molecule has 0 fully saturated rings. The third-order valence-electron chi connectivity index (χ3n) is 3.30. The predicted molar refractivity (Wildman–Crippen MR) is 81.8 cm³/mol. The second-order valence-electron chi connectivity index (χ2n) is 5.16. The Morgan fingerprint density at radius 3 is 2.43 bits per heavy atom. The Morgan fingerprint density at radius 2 is 1.83 bits per heavy atom. The number of hydrogen-bond acceptors (Lipinski definition) is 3. The van der Waals surface area contributed by atoms with E-state index in [1.54, 1.807) is 6.92 Å². The number of nitrogens with one attached hydrogen (secondary N) is 1. The van der Waals surface area contributed by atoms with Crippen LogP contribution in [0.1, 0.15) is 28.9 Å². The van der Waals surface area contributed by atoms with Gasteiger partial charge in [-0.15, -0.1) is 0 Å². The van der Waals surface area contributed by atoms with E-state index in [9.17, 15) is 22.0 Å². The van der Waals surface area contributed by atoms with Crippen molar-refractivity contribution in [3.05, 3.63) is 65.2 Å². The highest BCUT2D eigenvalue weighted by molar-refractivity contribution is 7.90. The number of carbonyl (C=O) groups is 1. The molecule has 0 bridgehead atoms. The monoisotopic (exact) mass is 339 g/mol. The molecule has 23 heavy (non-hydrogen) atoms. The smallest absolute Gasteiger partial charge is 0.251 e. The molecule has 0 saturated heterocycles. The molecule has 122 valence electrons. The summed E-state index contributed by atoms with van der Waals surface area (Å²) in [6, 6.07) is 7.93. The zero-order chi connectivity index (χ0) is 17.2. The number of carbonyl (C=O) groups excluding carboxylic acids is 1. The minimum Gasteiger partial charge on any atom is -0.345 e. The standard InChI is InChI=1S/C16H15F2NO3S/c1-10(14-7-6-12(17)9-15(14)18)19-16(20)11-4-3-5-13(8-11)23(2,21)22/h3-10H,1-2H3,(H,19,20)/t10-/m1/s1. The van der Waals surface area contributed by atoms with Gasteiger partial charge in [-0.25, -0.2) is 17.2 Å². The van der Waals surface area contributed by atoms with E-state index in [1.807, 2.05) is 0 Å². The predicted octanol–water partition coefficient (Wildman–Crippen LogP) is 2.86. The normalized spacial score (nSPS) is 12.7. The van der Waals surface area contributed by atoms with E-state index < -0.39 is 33.4 Å². The number of halogens is 2. The number of benzene rings is 2. The first-order valence-electron chi connectivity index (χ1n) is 6.74. The molecule has 1 amide bonds. The summed E-state index contributed by atoms with van der Waals surface area (Å²) in [5.41, 5.74) is 0.279. The molecule has 0 aliphatic carbocycles. The Labute approximate surface area is 133 Å². The summed E-state index contributed by atoms with van der Waals surface area (Å²) in [5.74, 6) is -2.01. The van der Waals surface area contributed by atoms with Gasteiger partial charge in [0, 0.05) is 23.4 Å². The molecule has 0 aromatic heterocycles. The Kier molecular flexibility index (Phi) is 4.79. The van der Waals surface area contributed by atoms with Gasteiger partial charge in [0.2, 0.25) is 0 Å². The SMILES string of the molecule is C[C@@H](NC(=O)c1cccc(S(C)(=O)=O)c1)c1ccc(F)cc1F. The minimum atomic E-state index is -3.43. The average molecular weight is 339 g/mol. The molecule has 0 radical (unpaired) electrons. The van der Waals surface area contributed by atoms with Gasteiger partial charge in [-0.1, -0.05) is 12.1 Å². The van der Waals surface area contributed by atoms with Crippen LogP contribution in [0.4, 0.5) is 8.78 Å². The van der Waals surface area contributed by atoms with Crippen LogP contribution >= 0.6 is 0 Å². The second-order valence-corrected chi connectivity index (χ2v) is 7.18. The first kappa shape index (κ1) is 17.1. The third kappa shape index (κ3) is 4.13. The van der Waals surface area contributed by atoms with Crippen LogP contribution in [-0.2, 0) is 9.84 Å². The largest absolute Gasteiger partial charge is 0.345 e. The van der Waals surface area contributed by atoms with Crippen LogP contribution in [-0.4, -0.2) is 20.6 Å². The Bertz CT molecular complexity index is 850. The van der Waals surface area contributed by atoms with Crippen molar-refractivity contribution in [3.63, 3.8) is 0 Å². The lowest BCUT2D eigenvalue weighted by Gasteiger charge is -2.15. The number of amides is 1. The van der Waals surface area contributed by atoms with Crippen LogP contribution in [0.5, 0.6) is 0 Å². The van der Waals surface area contributed by atoms with Crippen molar-refractivity contribution in [1.82, 2.24) is 5.32 Å². The molecule has 2 aromatic rings. The molecule has 4 nitrogen and oxygen atoms in total. The number of hydrogen-bond donors (Lipinski definition) is 1. The van der Waals surface area contributed by atoms with Gasteiger partial charge in [0.1, 0.15) is 11.6 Å². The van der Waals surface area contributed by atoms with E-state index in [2.05, 4.69) is 5.32 Å². The lowest BCUT2D eigenvalue weighted by molar-refractivity contribution is 0.0939. The van der Waals surface area contributed by atoms with Crippen molar-refractivity contribution in [3.8, 4) is 0 Å². The zero-order valence-electron chi connectivity index (χ0n) is 12.5. The maximum absolute atomic E-state index is 13.7. The Hall–Kier alpha value is -2.28. The van der Waals surface area contributed by atoms with Crippen molar-refractivity contribution < 1.29 is 22.0 Å². The summed E-state index contributed by atoms with van der Waals surface area (Å²) in [4.78, 5) is 12.2. The highest BCUT2D eigenvalue weighted by atomic mass is 32.2. The topological polar surface area (TPSA) is 63.2 Å². The summed E-state index contributed by atoms with van der Waals surface area (Å²) in [5, 5.41) is 2.56. The lowest BCUT2D eigenvalue weighted by atomic mass is 10.1. The van der Waals surface area contributed by atoms with Crippen molar-refractivity contribution in [2.45, 2.75) is 17.9 Å². The fourth-order valence-corrected chi connectivity index (χ4v) is 2.75. The second kappa shape index (κ2) is 6.45. The average Bonchev–Trinajstić information content (AvgIpc) is 2.46. The molecule has 2 rings (SSSR count). The maximum Gasteiger partial charge on any atom is 0.251 e. The number of rotatable bonds is 4. The van der Waals surface area contributed by atoms with E-state index in [-0.39, 0.29) is 16.0 Å². The van der Waals surface area contributed by atoms with Gasteiger partial charge >= 0.3 is 0 Å². The van der Waals surface area contributed by atoms with E-state index >= 15 is 0 Å². The van der Waals surface area contributed by atoms with Gasteiger partial charge < -0.3 is 5.32 Å². The quantitative estimate of drug-likeness (QED) is 0.932. The molecule has 0 heterocycles. The number of sulfone groups is 1. The van der Waals surface area contributed by atoms with E-state index in [1.165, 1.54) is 30.3 Å².